The highest BCUT2D eigenvalue weighted by Gasteiger charge is 2.28. The molecule has 2 heteroatoms. The molecule has 0 saturated carbocycles. The van der Waals surface area contributed by atoms with E-state index in [-0.39, 0.29) is 0 Å². The summed E-state index contributed by atoms with van der Waals surface area (Å²) in [6.45, 7) is 8.41. The molecule has 0 bridgehead atoms. The van der Waals surface area contributed by atoms with Gasteiger partial charge in [0.25, 0.3) is 0 Å². The van der Waals surface area contributed by atoms with E-state index in [0.717, 1.165) is 18.4 Å². The molecule has 2 aliphatic rings. The van der Waals surface area contributed by atoms with Gasteiger partial charge in [-0.05, 0) is 62.5 Å². The number of nitrogens with zero attached hydrogens (tertiary/aromatic N) is 1. The van der Waals surface area contributed by atoms with E-state index in [0.29, 0.717) is 0 Å². The summed E-state index contributed by atoms with van der Waals surface area (Å²) in [6.07, 6.45) is 4.05. The molecule has 0 amide bonds. The molecule has 0 aromatic heterocycles. The average Bonchev–Trinajstić information content (AvgIpc) is 2.44. The third-order valence-electron chi connectivity index (χ3n) is 4.83. The lowest BCUT2D eigenvalue weighted by molar-refractivity contribution is 0.169. The monoisotopic (exact) mass is 258 g/mol. The van der Waals surface area contributed by atoms with Crippen molar-refractivity contribution in [2.45, 2.75) is 32.1 Å². The zero-order valence-electron chi connectivity index (χ0n) is 12.1. The molecule has 104 valence electrons. The van der Waals surface area contributed by atoms with Crippen molar-refractivity contribution in [3.05, 3.63) is 35.4 Å². The molecule has 2 nitrogen and oxygen atoms in total. The van der Waals surface area contributed by atoms with Gasteiger partial charge in [-0.1, -0.05) is 31.2 Å². The summed E-state index contributed by atoms with van der Waals surface area (Å²) < 4.78 is 0. The van der Waals surface area contributed by atoms with Crippen LogP contribution < -0.4 is 5.32 Å². The van der Waals surface area contributed by atoms with Gasteiger partial charge in [-0.3, -0.25) is 0 Å². The van der Waals surface area contributed by atoms with Gasteiger partial charge in [0.05, 0.1) is 0 Å². The smallest absolute Gasteiger partial charge is 0.00536 e. The Hall–Kier alpha value is -0.860. The first kappa shape index (κ1) is 13.1. The van der Waals surface area contributed by atoms with Crippen LogP contribution in [0.1, 0.15) is 36.8 Å². The maximum absolute atomic E-state index is 3.49. The van der Waals surface area contributed by atoms with E-state index < -0.39 is 0 Å². The fraction of sp³-hybridized carbons (Fsp3) is 0.647. The standard InChI is InChI=1S/C17H26N2/c1-2-18-12-14-7-9-19(10-8-14)13-16-11-15-5-3-4-6-17(15)16/h3-6,14,16,18H,2,7-13H2,1H3. The number of likely N-dealkylation sites (tertiary alicyclic amines) is 1. The number of fused-ring (bicyclic) bond motifs is 1. The molecule has 1 heterocycles. The fourth-order valence-corrected chi connectivity index (χ4v) is 3.56. The molecule has 19 heavy (non-hydrogen) atoms. The van der Waals surface area contributed by atoms with Crippen LogP contribution in [0, 0.1) is 5.92 Å². The topological polar surface area (TPSA) is 15.3 Å². The molecular weight excluding hydrogens is 232 g/mol. The lowest BCUT2D eigenvalue weighted by Gasteiger charge is -2.38. The molecule has 1 saturated heterocycles. The first-order valence-corrected chi connectivity index (χ1v) is 7.87. The van der Waals surface area contributed by atoms with Crippen molar-refractivity contribution in [2.24, 2.45) is 5.92 Å². The van der Waals surface area contributed by atoms with Crippen molar-refractivity contribution in [2.75, 3.05) is 32.7 Å². The quantitative estimate of drug-likeness (QED) is 0.873. The molecule has 1 unspecified atom stereocenters. The van der Waals surface area contributed by atoms with E-state index >= 15 is 0 Å². The van der Waals surface area contributed by atoms with Crippen LogP contribution in [0.15, 0.2) is 24.3 Å². The summed E-state index contributed by atoms with van der Waals surface area (Å²) in [5.41, 5.74) is 3.19. The Balaban J connectivity index is 1.44. The van der Waals surface area contributed by atoms with Gasteiger partial charge in [-0.15, -0.1) is 0 Å². The fourth-order valence-electron chi connectivity index (χ4n) is 3.56. The number of hydrogen-bond donors (Lipinski definition) is 1. The molecule has 1 aliphatic carbocycles. The van der Waals surface area contributed by atoms with Crippen LogP contribution in [0.4, 0.5) is 0 Å². The number of rotatable bonds is 5. The highest BCUT2D eigenvalue weighted by molar-refractivity contribution is 5.40. The minimum Gasteiger partial charge on any atom is -0.317 e. The SMILES string of the molecule is CCNCC1CCN(CC2Cc3ccccc32)CC1. The molecular formula is C17H26N2. The summed E-state index contributed by atoms with van der Waals surface area (Å²) >= 11 is 0. The Morgan fingerprint density at radius 3 is 2.74 bits per heavy atom. The van der Waals surface area contributed by atoms with Crippen molar-refractivity contribution in [1.82, 2.24) is 10.2 Å². The Kier molecular flexibility index (Phi) is 4.19. The molecule has 0 radical (unpaired) electrons. The van der Waals surface area contributed by atoms with Gasteiger partial charge in [0.1, 0.15) is 0 Å². The summed E-state index contributed by atoms with van der Waals surface area (Å²) in [5.74, 6) is 1.71. The zero-order valence-corrected chi connectivity index (χ0v) is 12.1. The van der Waals surface area contributed by atoms with Crippen LogP contribution in [0.25, 0.3) is 0 Å². The average molecular weight is 258 g/mol. The molecule has 1 aromatic rings. The third kappa shape index (κ3) is 3.01. The second-order valence-corrected chi connectivity index (χ2v) is 6.15. The summed E-state index contributed by atoms with van der Waals surface area (Å²) in [4.78, 5) is 2.68. The number of hydrogen-bond acceptors (Lipinski definition) is 2. The van der Waals surface area contributed by atoms with E-state index in [2.05, 4.69) is 41.4 Å². The van der Waals surface area contributed by atoms with Crippen LogP contribution in [-0.2, 0) is 6.42 Å². The lowest BCUT2D eigenvalue weighted by Crippen LogP contribution is -2.41. The molecule has 0 spiro atoms. The molecule has 1 fully saturated rings. The highest BCUT2D eigenvalue weighted by atomic mass is 15.1. The minimum absolute atomic E-state index is 0.807. The van der Waals surface area contributed by atoms with E-state index in [1.54, 1.807) is 11.1 Å². The third-order valence-corrected chi connectivity index (χ3v) is 4.83. The maximum atomic E-state index is 3.49. The maximum Gasteiger partial charge on any atom is 0.00536 e. The second kappa shape index (κ2) is 6.06. The van der Waals surface area contributed by atoms with Gasteiger partial charge < -0.3 is 10.2 Å². The normalized spacial score (nSPS) is 23.9. The van der Waals surface area contributed by atoms with Crippen molar-refractivity contribution in [3.8, 4) is 0 Å². The van der Waals surface area contributed by atoms with Gasteiger partial charge in [-0.25, -0.2) is 0 Å². The van der Waals surface area contributed by atoms with Crippen molar-refractivity contribution in [1.29, 1.82) is 0 Å². The van der Waals surface area contributed by atoms with Crippen LogP contribution in [0.2, 0.25) is 0 Å². The Labute approximate surface area is 117 Å². The number of nitrogens with one attached hydrogen (secondary N) is 1. The van der Waals surface area contributed by atoms with E-state index in [9.17, 15) is 0 Å². The summed E-state index contributed by atoms with van der Waals surface area (Å²) in [6, 6.07) is 8.96. The van der Waals surface area contributed by atoms with Crippen LogP contribution >= 0.6 is 0 Å². The largest absolute Gasteiger partial charge is 0.317 e. The van der Waals surface area contributed by atoms with E-state index in [4.69, 9.17) is 0 Å². The van der Waals surface area contributed by atoms with Gasteiger partial charge in [0, 0.05) is 12.5 Å². The first-order valence-electron chi connectivity index (χ1n) is 7.87. The van der Waals surface area contributed by atoms with E-state index in [1.807, 2.05) is 0 Å². The molecule has 3 rings (SSSR count). The van der Waals surface area contributed by atoms with Crippen LogP contribution in [-0.4, -0.2) is 37.6 Å². The first-order chi connectivity index (χ1) is 9.36. The Morgan fingerprint density at radius 2 is 2.00 bits per heavy atom. The van der Waals surface area contributed by atoms with Gasteiger partial charge in [-0.2, -0.15) is 0 Å². The predicted octanol–water partition coefficient (Wildman–Crippen LogP) is 2.65. The van der Waals surface area contributed by atoms with Crippen LogP contribution in [0.5, 0.6) is 0 Å². The molecule has 1 aromatic carbocycles. The van der Waals surface area contributed by atoms with Gasteiger partial charge in [0.15, 0.2) is 0 Å². The van der Waals surface area contributed by atoms with Crippen molar-refractivity contribution >= 4 is 0 Å². The summed E-state index contributed by atoms with van der Waals surface area (Å²) in [7, 11) is 0. The zero-order chi connectivity index (χ0) is 13.1. The van der Waals surface area contributed by atoms with E-state index in [1.165, 1.54) is 45.4 Å². The Bertz CT molecular complexity index is 407. The van der Waals surface area contributed by atoms with Crippen molar-refractivity contribution in [3.63, 3.8) is 0 Å². The Morgan fingerprint density at radius 1 is 1.21 bits per heavy atom. The molecule has 1 aliphatic heterocycles. The lowest BCUT2D eigenvalue weighted by atomic mass is 9.77. The predicted molar refractivity (Wildman–Crippen MR) is 80.6 cm³/mol. The summed E-state index contributed by atoms with van der Waals surface area (Å²) in [5, 5.41) is 3.49. The number of piperidine rings is 1. The molecule has 1 atom stereocenters. The van der Waals surface area contributed by atoms with Gasteiger partial charge in [0.2, 0.25) is 0 Å². The van der Waals surface area contributed by atoms with Crippen LogP contribution in [0.3, 0.4) is 0 Å². The van der Waals surface area contributed by atoms with Crippen molar-refractivity contribution < 1.29 is 0 Å². The second-order valence-electron chi connectivity index (χ2n) is 6.15. The molecule has 1 N–H and O–H groups in total. The van der Waals surface area contributed by atoms with Gasteiger partial charge >= 0.3 is 0 Å². The number of benzene rings is 1. The minimum atomic E-state index is 0.807. The highest BCUT2D eigenvalue weighted by Crippen LogP contribution is 2.35.